The summed E-state index contributed by atoms with van der Waals surface area (Å²) in [4.78, 5) is 19.9. The van der Waals surface area contributed by atoms with Crippen LogP contribution in [-0.2, 0) is 0 Å². The van der Waals surface area contributed by atoms with Gasteiger partial charge in [-0.3, -0.25) is 0 Å². The SMILES string of the molecule is Cc1n[c]([BiH2])nc(-c2c3c(cc4c2n(-c2ccccc2)c2nc5ccccc5n42)c2ccccc2n3-c2ccccc2)n1. The molecule has 0 saturated carbocycles. The zero-order chi connectivity index (χ0) is 28.7. The van der Waals surface area contributed by atoms with Crippen LogP contribution in [0.4, 0.5) is 0 Å². The summed E-state index contributed by atoms with van der Waals surface area (Å²) in [5.74, 6) is 2.26. The average Bonchev–Trinajstić information content (AvgIpc) is 3.67. The van der Waals surface area contributed by atoms with Gasteiger partial charge in [-0.15, -0.1) is 0 Å². The molecule has 0 spiro atoms. The molecule has 0 aliphatic carbocycles. The van der Waals surface area contributed by atoms with E-state index in [2.05, 4.69) is 122 Å². The van der Waals surface area contributed by atoms with Crippen molar-refractivity contribution >= 4 is 77.9 Å². The van der Waals surface area contributed by atoms with E-state index in [4.69, 9.17) is 15.0 Å². The zero-order valence-electron chi connectivity index (χ0n) is 23.2. The Bertz CT molecular complexity index is 2510. The molecule has 43 heavy (non-hydrogen) atoms. The predicted octanol–water partition coefficient (Wildman–Crippen LogP) is 5.95. The molecule has 4 aromatic heterocycles. The van der Waals surface area contributed by atoms with E-state index in [9.17, 15) is 0 Å². The van der Waals surface area contributed by atoms with Gasteiger partial charge in [0, 0.05) is 0 Å². The van der Waals surface area contributed by atoms with Crippen LogP contribution in [0, 0.1) is 6.92 Å². The van der Waals surface area contributed by atoms with Crippen LogP contribution in [0.2, 0.25) is 0 Å². The number of aryl methyl sites for hydroxylation is 1. The number of imidazole rings is 2. The molecule has 9 rings (SSSR count). The molecule has 0 atom stereocenters. The number of hydrogen-bond donors (Lipinski definition) is 0. The van der Waals surface area contributed by atoms with E-state index in [-0.39, 0.29) is 0 Å². The van der Waals surface area contributed by atoms with Crippen molar-refractivity contribution in [1.82, 2.24) is 33.5 Å². The van der Waals surface area contributed by atoms with E-state index in [0.29, 0.717) is 30.5 Å². The van der Waals surface area contributed by atoms with Crippen molar-refractivity contribution in [1.29, 1.82) is 0 Å². The van der Waals surface area contributed by atoms with Crippen molar-refractivity contribution in [3.8, 4) is 22.8 Å². The molecule has 0 fully saturated rings. The zero-order valence-corrected chi connectivity index (χ0v) is 27.7. The normalized spacial score (nSPS) is 12.0. The van der Waals surface area contributed by atoms with Gasteiger partial charge in [0.25, 0.3) is 0 Å². The Kier molecular flexibility index (Phi) is 5.32. The first-order valence-corrected chi connectivity index (χ1v) is 16.4. The number of aromatic nitrogens is 7. The molecule has 4 heterocycles. The number of hydrogen-bond acceptors (Lipinski definition) is 4. The Hall–Kier alpha value is -4.94. The fourth-order valence-corrected chi connectivity index (χ4v) is 7.70. The van der Waals surface area contributed by atoms with Gasteiger partial charge < -0.3 is 0 Å². The van der Waals surface area contributed by atoms with E-state index in [1.54, 1.807) is 0 Å². The topological polar surface area (TPSA) is 65.8 Å². The number of fused-ring (bicyclic) bond motifs is 8. The van der Waals surface area contributed by atoms with E-state index in [1.807, 2.05) is 19.1 Å². The van der Waals surface area contributed by atoms with Crippen molar-refractivity contribution in [2.24, 2.45) is 0 Å². The van der Waals surface area contributed by atoms with Crippen LogP contribution in [0.15, 0.2) is 115 Å². The molecule has 8 heteroatoms. The summed E-state index contributed by atoms with van der Waals surface area (Å²) in [5, 5.41) is 2.32. The molecule has 9 aromatic rings. The van der Waals surface area contributed by atoms with Gasteiger partial charge in [0.05, 0.1) is 0 Å². The first-order valence-electron chi connectivity index (χ1n) is 14.1. The Morgan fingerprint density at radius 2 is 1.21 bits per heavy atom. The van der Waals surface area contributed by atoms with Crippen LogP contribution in [-0.4, -0.2) is 58.2 Å². The summed E-state index contributed by atoms with van der Waals surface area (Å²) in [5.41, 5.74) is 9.37. The summed E-state index contributed by atoms with van der Waals surface area (Å²) in [6, 6.07) is 40.3. The van der Waals surface area contributed by atoms with Gasteiger partial charge in [-0.2, -0.15) is 0 Å². The molecule has 0 aliphatic heterocycles. The minimum absolute atomic E-state index is 0.474. The summed E-state index contributed by atoms with van der Waals surface area (Å²) in [6.45, 7) is 1.96. The van der Waals surface area contributed by atoms with Gasteiger partial charge in [-0.05, 0) is 0 Å². The third-order valence-electron chi connectivity index (χ3n) is 8.14. The first-order chi connectivity index (χ1) is 21.2. The van der Waals surface area contributed by atoms with Crippen LogP contribution in [0.5, 0.6) is 0 Å². The van der Waals surface area contributed by atoms with E-state index < -0.39 is 0 Å². The molecule has 0 radical (unpaired) electrons. The summed E-state index contributed by atoms with van der Waals surface area (Å²) in [7, 11) is 0. The molecule has 0 saturated heterocycles. The van der Waals surface area contributed by atoms with Crippen molar-refractivity contribution < 1.29 is 0 Å². The fourth-order valence-electron chi connectivity index (χ4n) is 6.49. The molecular weight excluding hydrogens is 727 g/mol. The number of rotatable bonds is 3. The molecule has 0 unspecified atom stereocenters. The third-order valence-corrected chi connectivity index (χ3v) is 9.14. The maximum atomic E-state index is 5.19. The van der Waals surface area contributed by atoms with Gasteiger partial charge in [0.15, 0.2) is 0 Å². The van der Waals surface area contributed by atoms with Crippen LogP contribution < -0.4 is 3.53 Å². The molecule has 0 amide bonds. The van der Waals surface area contributed by atoms with Gasteiger partial charge in [-0.25, -0.2) is 0 Å². The first kappa shape index (κ1) is 24.6. The molecule has 0 bridgehead atoms. The maximum absolute atomic E-state index is 5.19. The Morgan fingerprint density at radius 3 is 1.95 bits per heavy atom. The quantitative estimate of drug-likeness (QED) is 0.210. The van der Waals surface area contributed by atoms with Crippen LogP contribution in [0.1, 0.15) is 5.82 Å². The van der Waals surface area contributed by atoms with Crippen LogP contribution >= 0.6 is 0 Å². The number of benzene rings is 5. The minimum atomic E-state index is 0.474. The van der Waals surface area contributed by atoms with E-state index in [0.717, 1.165) is 70.6 Å². The summed E-state index contributed by atoms with van der Waals surface area (Å²) >= 11 is 0.474. The molecule has 204 valence electrons. The molecule has 5 aromatic carbocycles. The van der Waals surface area contributed by atoms with Gasteiger partial charge >= 0.3 is 262 Å². The second-order valence-electron chi connectivity index (χ2n) is 10.7. The second-order valence-corrected chi connectivity index (χ2v) is 12.7. The third kappa shape index (κ3) is 3.56. The summed E-state index contributed by atoms with van der Waals surface area (Å²) in [6.07, 6.45) is 0. The molecular formula is C35H24BiN7. The standard InChI is InChI=1S/C35H22N7.Bi.2H/c1-22-36-21-37-34(38-22)31-32-26(25-16-8-10-18-28(25)40(32)23-12-4-2-5-13-23)20-30-33(31)41(24-14-6-3-7-15-24)35-39-27-17-9-11-19-29(27)42(30)35;;;/h2-20H,1H3;;;. The second kappa shape index (κ2) is 9.28. The number of para-hydroxylation sites is 5. The predicted molar refractivity (Wildman–Crippen MR) is 176 cm³/mol. The Labute approximate surface area is 260 Å². The fraction of sp³-hybridized carbons (Fsp3) is 0.0286. The molecule has 7 nitrogen and oxygen atoms in total. The van der Waals surface area contributed by atoms with Crippen molar-refractivity contribution in [3.63, 3.8) is 0 Å². The van der Waals surface area contributed by atoms with E-state index >= 15 is 0 Å². The molecule has 0 N–H and O–H groups in total. The Balaban J connectivity index is 1.63. The van der Waals surface area contributed by atoms with Crippen LogP contribution in [0.3, 0.4) is 0 Å². The van der Waals surface area contributed by atoms with Gasteiger partial charge in [0.1, 0.15) is 0 Å². The van der Waals surface area contributed by atoms with Crippen molar-refractivity contribution in [2.75, 3.05) is 0 Å². The van der Waals surface area contributed by atoms with Gasteiger partial charge in [-0.1, -0.05) is 0 Å². The monoisotopic (exact) mass is 751 g/mol. The summed E-state index contributed by atoms with van der Waals surface area (Å²) < 4.78 is 7.76. The molecule has 0 aliphatic rings. The van der Waals surface area contributed by atoms with Crippen molar-refractivity contribution in [3.05, 3.63) is 121 Å². The van der Waals surface area contributed by atoms with Gasteiger partial charge in [0.2, 0.25) is 0 Å². The van der Waals surface area contributed by atoms with Crippen LogP contribution in [0.25, 0.3) is 72.4 Å². The Morgan fingerprint density at radius 1 is 0.558 bits per heavy atom. The number of nitrogens with zero attached hydrogens (tertiary/aromatic N) is 7. The average molecular weight is 752 g/mol. The van der Waals surface area contributed by atoms with E-state index in [1.165, 1.54) is 5.39 Å². The van der Waals surface area contributed by atoms with Crippen molar-refractivity contribution in [2.45, 2.75) is 6.92 Å².